The third kappa shape index (κ3) is 4.44. The Morgan fingerprint density at radius 1 is 1.17 bits per heavy atom. The summed E-state index contributed by atoms with van der Waals surface area (Å²) in [5, 5.41) is 14.3. The Balaban J connectivity index is 1.97. The van der Waals surface area contributed by atoms with Gasteiger partial charge in [-0.1, -0.05) is 6.92 Å². The number of hydrogen-bond acceptors (Lipinski definition) is 4. The highest BCUT2D eigenvalue weighted by Gasteiger charge is 2.34. The zero-order chi connectivity index (χ0) is 21.1. The van der Waals surface area contributed by atoms with Crippen LogP contribution in [0, 0.1) is 11.8 Å². The van der Waals surface area contributed by atoms with E-state index in [0.717, 1.165) is 25.7 Å². The van der Waals surface area contributed by atoms with Gasteiger partial charge in [-0.2, -0.15) is 0 Å². The highest BCUT2D eigenvalue weighted by Crippen LogP contribution is 2.32. The van der Waals surface area contributed by atoms with Gasteiger partial charge in [-0.3, -0.25) is 9.69 Å². The van der Waals surface area contributed by atoms with E-state index in [-0.39, 0.29) is 29.2 Å². The van der Waals surface area contributed by atoms with Crippen LogP contribution in [0.15, 0.2) is 30.5 Å². The van der Waals surface area contributed by atoms with Crippen LogP contribution in [-0.2, 0) is 4.79 Å². The van der Waals surface area contributed by atoms with Crippen LogP contribution in [0.4, 0.5) is 5.82 Å². The molecule has 7 nitrogen and oxygen atoms in total. The number of aromatic carboxylic acids is 1. The highest BCUT2D eigenvalue weighted by molar-refractivity contribution is 6.01. The smallest absolute Gasteiger partial charge is 0.341 e. The Morgan fingerprint density at radius 2 is 1.79 bits per heavy atom. The van der Waals surface area contributed by atoms with Gasteiger partial charge in [0.05, 0.1) is 12.8 Å². The van der Waals surface area contributed by atoms with Crippen molar-refractivity contribution in [3.63, 3.8) is 0 Å². The minimum Gasteiger partial charge on any atom is -0.497 e. The van der Waals surface area contributed by atoms with Gasteiger partial charge in [0.2, 0.25) is 5.91 Å². The first kappa shape index (κ1) is 20.9. The molecule has 1 fully saturated rings. The Kier molecular flexibility index (Phi) is 6.25. The summed E-state index contributed by atoms with van der Waals surface area (Å²) in [7, 11) is 1.59. The standard InChI is InChI=1S/C22H29N3O4/c1-14(2)25(21(26)16-7-5-15(3)6-8-16)20-19(22(27)28)13-24(23-20)17-9-11-18(29-4)12-10-17/h9-16H,5-8H2,1-4H3,(H,27,28)/t15-,16-. The largest absolute Gasteiger partial charge is 0.497 e. The summed E-state index contributed by atoms with van der Waals surface area (Å²) in [6, 6.07) is 6.97. The molecule has 29 heavy (non-hydrogen) atoms. The fourth-order valence-corrected chi connectivity index (χ4v) is 3.87. The van der Waals surface area contributed by atoms with Crippen molar-refractivity contribution < 1.29 is 19.4 Å². The van der Waals surface area contributed by atoms with Gasteiger partial charge in [-0.05, 0) is 69.7 Å². The van der Waals surface area contributed by atoms with Crippen molar-refractivity contribution in [2.75, 3.05) is 12.0 Å². The third-order valence-electron chi connectivity index (χ3n) is 5.61. The SMILES string of the molecule is COc1ccc(-n2cc(C(=O)O)c(N(C(=O)[C@H]3CC[C@H](C)CC3)C(C)C)n2)cc1. The van der Waals surface area contributed by atoms with Gasteiger partial charge < -0.3 is 9.84 Å². The van der Waals surface area contributed by atoms with E-state index < -0.39 is 5.97 Å². The minimum absolute atomic E-state index is 0.0204. The number of anilines is 1. The number of ether oxygens (including phenoxy) is 1. The van der Waals surface area contributed by atoms with E-state index in [0.29, 0.717) is 17.4 Å². The number of carboxylic acid groups (broad SMARTS) is 1. The molecule has 1 aliphatic rings. The number of carbonyl (C=O) groups excluding carboxylic acids is 1. The predicted octanol–water partition coefficient (Wildman–Crippen LogP) is 4.15. The first-order valence-corrected chi connectivity index (χ1v) is 10.1. The van der Waals surface area contributed by atoms with Crippen molar-refractivity contribution in [3.05, 3.63) is 36.0 Å². The molecule has 0 aliphatic heterocycles. The monoisotopic (exact) mass is 399 g/mol. The van der Waals surface area contributed by atoms with Gasteiger partial charge in [0.25, 0.3) is 0 Å². The molecule has 0 unspecified atom stereocenters. The van der Waals surface area contributed by atoms with Crippen molar-refractivity contribution in [1.29, 1.82) is 0 Å². The molecule has 0 saturated heterocycles. The summed E-state index contributed by atoms with van der Waals surface area (Å²) in [6.07, 6.45) is 5.18. The van der Waals surface area contributed by atoms with E-state index in [9.17, 15) is 14.7 Å². The Bertz CT molecular complexity index is 865. The molecule has 7 heteroatoms. The fourth-order valence-electron chi connectivity index (χ4n) is 3.87. The molecule has 1 N–H and O–H groups in total. The van der Waals surface area contributed by atoms with E-state index in [1.807, 2.05) is 13.8 Å². The van der Waals surface area contributed by atoms with Gasteiger partial charge in [0, 0.05) is 18.2 Å². The molecule has 1 heterocycles. The number of rotatable bonds is 6. The molecule has 1 amide bonds. The average molecular weight is 399 g/mol. The molecule has 2 aromatic rings. The highest BCUT2D eigenvalue weighted by atomic mass is 16.5. The normalized spacial score (nSPS) is 19.2. The molecule has 0 bridgehead atoms. The van der Waals surface area contributed by atoms with Gasteiger partial charge in [0.1, 0.15) is 11.3 Å². The molecule has 3 rings (SSSR count). The van der Waals surface area contributed by atoms with E-state index in [2.05, 4.69) is 12.0 Å². The molecule has 1 aromatic heterocycles. The molecule has 1 aromatic carbocycles. The van der Waals surface area contributed by atoms with Crippen LogP contribution in [0.3, 0.4) is 0 Å². The Morgan fingerprint density at radius 3 is 2.31 bits per heavy atom. The molecular formula is C22H29N3O4. The van der Waals surface area contributed by atoms with E-state index in [4.69, 9.17) is 4.74 Å². The van der Waals surface area contributed by atoms with Crippen molar-refractivity contribution in [2.24, 2.45) is 11.8 Å². The van der Waals surface area contributed by atoms with Crippen LogP contribution in [0.25, 0.3) is 5.69 Å². The second-order valence-corrected chi connectivity index (χ2v) is 8.07. The number of carbonyl (C=O) groups is 2. The molecule has 0 radical (unpaired) electrons. The van der Waals surface area contributed by atoms with Gasteiger partial charge in [-0.25, -0.2) is 9.48 Å². The third-order valence-corrected chi connectivity index (χ3v) is 5.61. The second-order valence-electron chi connectivity index (χ2n) is 8.07. The van der Waals surface area contributed by atoms with E-state index in [1.165, 1.54) is 10.9 Å². The number of methoxy groups -OCH3 is 1. The van der Waals surface area contributed by atoms with Gasteiger partial charge >= 0.3 is 5.97 Å². The second kappa shape index (κ2) is 8.68. The molecule has 0 spiro atoms. The minimum atomic E-state index is -1.10. The summed E-state index contributed by atoms with van der Waals surface area (Å²) in [4.78, 5) is 26.8. The average Bonchev–Trinajstić information content (AvgIpc) is 3.13. The molecule has 1 saturated carbocycles. The molecule has 0 atom stereocenters. The number of nitrogens with zero attached hydrogens (tertiary/aromatic N) is 3. The van der Waals surface area contributed by atoms with Crippen LogP contribution < -0.4 is 9.64 Å². The number of carboxylic acids is 1. The lowest BCUT2D eigenvalue weighted by Gasteiger charge is -2.32. The topological polar surface area (TPSA) is 84.7 Å². The summed E-state index contributed by atoms with van der Waals surface area (Å²) in [5.74, 6) is 0.318. The zero-order valence-electron chi connectivity index (χ0n) is 17.5. The zero-order valence-corrected chi connectivity index (χ0v) is 17.5. The van der Waals surface area contributed by atoms with Crippen LogP contribution in [-0.4, -0.2) is 39.9 Å². The number of benzene rings is 1. The van der Waals surface area contributed by atoms with Crippen molar-refractivity contribution in [2.45, 2.75) is 52.5 Å². The van der Waals surface area contributed by atoms with Crippen molar-refractivity contribution >= 4 is 17.7 Å². The molecule has 1 aliphatic carbocycles. The maximum atomic E-state index is 13.3. The van der Waals surface area contributed by atoms with E-state index in [1.54, 1.807) is 36.3 Å². The van der Waals surface area contributed by atoms with Crippen molar-refractivity contribution in [1.82, 2.24) is 9.78 Å². The lowest BCUT2D eigenvalue weighted by atomic mass is 9.82. The fraction of sp³-hybridized carbons (Fsp3) is 0.500. The van der Waals surface area contributed by atoms with Crippen LogP contribution in [0.1, 0.15) is 56.8 Å². The summed E-state index contributed by atoms with van der Waals surface area (Å²) < 4.78 is 6.68. The number of hydrogen-bond donors (Lipinski definition) is 1. The first-order valence-electron chi connectivity index (χ1n) is 10.1. The summed E-state index contributed by atoms with van der Waals surface area (Å²) in [6.45, 7) is 5.99. The summed E-state index contributed by atoms with van der Waals surface area (Å²) >= 11 is 0. The van der Waals surface area contributed by atoms with Crippen LogP contribution in [0.2, 0.25) is 0 Å². The lowest BCUT2D eigenvalue weighted by molar-refractivity contribution is -0.123. The Hall–Kier alpha value is -2.83. The number of aromatic nitrogens is 2. The molecule has 156 valence electrons. The predicted molar refractivity (Wildman–Crippen MR) is 111 cm³/mol. The Labute approximate surface area is 171 Å². The maximum absolute atomic E-state index is 13.3. The van der Waals surface area contributed by atoms with Gasteiger partial charge in [-0.15, -0.1) is 5.10 Å². The van der Waals surface area contributed by atoms with Crippen LogP contribution >= 0.6 is 0 Å². The summed E-state index contributed by atoms with van der Waals surface area (Å²) in [5.41, 5.74) is 0.717. The van der Waals surface area contributed by atoms with E-state index >= 15 is 0 Å². The van der Waals surface area contributed by atoms with Crippen molar-refractivity contribution in [3.8, 4) is 11.4 Å². The maximum Gasteiger partial charge on any atom is 0.341 e. The first-order chi connectivity index (χ1) is 13.8. The van der Waals surface area contributed by atoms with Gasteiger partial charge in [0.15, 0.2) is 5.82 Å². The quantitative estimate of drug-likeness (QED) is 0.789. The molecular weight excluding hydrogens is 370 g/mol. The van der Waals surface area contributed by atoms with Crippen LogP contribution in [0.5, 0.6) is 5.75 Å². The number of amides is 1. The lowest BCUT2D eigenvalue weighted by Crippen LogP contribution is -2.43.